The number of allylic oxidation sites excluding steroid dienone is 3. The Bertz CT molecular complexity index is 1640. The fourth-order valence-corrected chi connectivity index (χ4v) is 6.55. The molecule has 2 atom stereocenters. The molecule has 3 aliphatic rings. The first-order chi connectivity index (χ1) is 23.0. The number of amides is 1. The highest BCUT2D eigenvalue weighted by Gasteiger charge is 2.45. The van der Waals surface area contributed by atoms with E-state index in [0.29, 0.717) is 59.6 Å². The Hall–Kier alpha value is -4.62. The van der Waals surface area contributed by atoms with Crippen molar-refractivity contribution >= 4 is 17.9 Å². The van der Waals surface area contributed by atoms with Crippen LogP contribution < -0.4 is 9.64 Å². The molecule has 9 nitrogen and oxygen atoms in total. The van der Waals surface area contributed by atoms with E-state index in [-0.39, 0.29) is 24.1 Å². The Labute approximate surface area is 280 Å². The van der Waals surface area contributed by atoms with Crippen LogP contribution >= 0.6 is 0 Å². The minimum atomic E-state index is -4.82. The van der Waals surface area contributed by atoms with Crippen molar-refractivity contribution in [2.75, 3.05) is 25.1 Å². The third-order valence-corrected chi connectivity index (χ3v) is 9.18. The number of aliphatic carboxylic acids is 1. The van der Waals surface area contributed by atoms with Crippen molar-refractivity contribution in [2.24, 2.45) is 5.92 Å². The van der Waals surface area contributed by atoms with Crippen molar-refractivity contribution in [3.8, 4) is 16.9 Å². The Balaban J connectivity index is 1.43. The van der Waals surface area contributed by atoms with Gasteiger partial charge in [-0.15, -0.1) is 13.2 Å². The van der Waals surface area contributed by atoms with Crippen LogP contribution in [-0.2, 0) is 20.8 Å². The highest BCUT2D eigenvalue weighted by atomic mass is 19.4. The number of alkyl halides is 5. The molecule has 1 aliphatic carbocycles. The monoisotopic (exact) mass is 691 g/mol. The second-order valence-electron chi connectivity index (χ2n) is 12.7. The van der Waals surface area contributed by atoms with Crippen molar-refractivity contribution in [1.82, 2.24) is 9.88 Å². The number of carboxylic acids is 1. The molecule has 0 radical (unpaired) electrons. The van der Waals surface area contributed by atoms with Gasteiger partial charge in [-0.25, -0.2) is 18.6 Å². The van der Waals surface area contributed by atoms with Crippen LogP contribution in [0.5, 0.6) is 5.75 Å². The fraction of sp³-hybridized carbons (Fsp3) is 0.457. The summed E-state index contributed by atoms with van der Waals surface area (Å²) in [6.07, 6.45) is 0.0578. The van der Waals surface area contributed by atoms with Crippen LogP contribution in [0.25, 0.3) is 11.1 Å². The molecule has 1 aromatic carbocycles. The summed E-state index contributed by atoms with van der Waals surface area (Å²) < 4.78 is 80.2. The minimum Gasteiger partial charge on any atom is -0.496 e. The number of methoxy groups -OCH3 is 1. The van der Waals surface area contributed by atoms with E-state index in [4.69, 9.17) is 14.5 Å². The summed E-state index contributed by atoms with van der Waals surface area (Å²) >= 11 is 0. The number of benzene rings is 1. The van der Waals surface area contributed by atoms with Crippen molar-refractivity contribution in [3.05, 3.63) is 77.7 Å². The van der Waals surface area contributed by atoms with E-state index in [1.54, 1.807) is 19.1 Å². The third-order valence-electron chi connectivity index (χ3n) is 9.18. The van der Waals surface area contributed by atoms with Crippen LogP contribution in [0.1, 0.15) is 56.7 Å². The lowest BCUT2D eigenvalue weighted by atomic mass is 9.78. The van der Waals surface area contributed by atoms with Crippen molar-refractivity contribution in [3.63, 3.8) is 0 Å². The number of hydrogen-bond donors (Lipinski definition) is 1. The summed E-state index contributed by atoms with van der Waals surface area (Å²) in [6.45, 7) is 5.77. The highest BCUT2D eigenvalue weighted by molar-refractivity contribution is 5.76. The van der Waals surface area contributed by atoms with Gasteiger partial charge in [-0.05, 0) is 86.9 Å². The number of cyclic esters (lactones) is 1. The normalized spacial score (nSPS) is 24.1. The van der Waals surface area contributed by atoms with Crippen LogP contribution in [0.15, 0.2) is 66.5 Å². The summed E-state index contributed by atoms with van der Waals surface area (Å²) in [6, 6.07) is 8.59. The molecule has 14 heteroatoms. The molecule has 3 fully saturated rings. The van der Waals surface area contributed by atoms with Crippen LogP contribution in [-0.4, -0.2) is 71.7 Å². The van der Waals surface area contributed by atoms with Gasteiger partial charge in [-0.1, -0.05) is 24.8 Å². The molecule has 1 saturated carbocycles. The molecule has 1 aromatic heterocycles. The van der Waals surface area contributed by atoms with E-state index in [9.17, 15) is 36.6 Å². The molecule has 0 spiro atoms. The summed E-state index contributed by atoms with van der Waals surface area (Å²) in [4.78, 5) is 32.3. The van der Waals surface area contributed by atoms with Gasteiger partial charge in [-0.2, -0.15) is 0 Å². The number of nitrogens with zero attached hydrogens (tertiary/aromatic N) is 3. The lowest BCUT2D eigenvalue weighted by Crippen LogP contribution is -2.56. The number of carbonyl (C=O) groups excluding carboxylic acids is 1. The first kappa shape index (κ1) is 35.7. The molecular formula is C35H38F5N3O6. The maximum absolute atomic E-state index is 13.8. The predicted octanol–water partition coefficient (Wildman–Crippen LogP) is 7.83. The standard InChI is InChI=1S/C35H38F5N3O6/c1-20(6-5-7-21(2)49-35(38,39)40)31-22(3)43(33(46)48-31)17-28-26(13-15-30(41-28)42-18-34(36,37)19-42)27-16-25(12-14-29(27)47-4)23-8-10-24(11-9-23)32(44)45/h5-7,12-16,22-24,31H,1,8-11,17-19H2,2-4H3,(H,44,45)/b6-5-,21-7+/t22-,23?,24?,31+/m0/s1. The quantitative estimate of drug-likeness (QED) is 0.145. The van der Waals surface area contributed by atoms with Gasteiger partial charge < -0.3 is 24.2 Å². The second-order valence-corrected chi connectivity index (χ2v) is 12.7. The molecule has 1 N–H and O–H groups in total. The number of carboxylic acid groups (broad SMARTS) is 1. The Morgan fingerprint density at radius 2 is 1.84 bits per heavy atom. The maximum atomic E-state index is 13.8. The number of rotatable bonds is 11. The largest absolute Gasteiger partial charge is 0.572 e. The molecule has 2 saturated heterocycles. The van der Waals surface area contributed by atoms with Gasteiger partial charge in [-0.3, -0.25) is 9.69 Å². The number of aromatic nitrogens is 1. The van der Waals surface area contributed by atoms with Crippen LogP contribution in [0, 0.1) is 5.92 Å². The summed E-state index contributed by atoms with van der Waals surface area (Å²) in [5.41, 5.74) is 3.03. The fourth-order valence-electron chi connectivity index (χ4n) is 6.55. The molecule has 1 amide bonds. The van der Waals surface area contributed by atoms with Gasteiger partial charge in [0, 0.05) is 11.1 Å². The molecule has 3 heterocycles. The van der Waals surface area contributed by atoms with Crippen LogP contribution in [0.4, 0.5) is 32.6 Å². The van der Waals surface area contributed by atoms with Gasteiger partial charge in [0.05, 0.1) is 44.4 Å². The van der Waals surface area contributed by atoms with E-state index in [0.717, 1.165) is 18.6 Å². The summed E-state index contributed by atoms with van der Waals surface area (Å²) in [5.74, 6) is -3.40. The van der Waals surface area contributed by atoms with Gasteiger partial charge in [0.1, 0.15) is 23.4 Å². The van der Waals surface area contributed by atoms with E-state index < -0.39 is 49.6 Å². The lowest BCUT2D eigenvalue weighted by Gasteiger charge is -2.39. The molecule has 2 aromatic rings. The van der Waals surface area contributed by atoms with Gasteiger partial charge in [0.15, 0.2) is 0 Å². The molecule has 2 aliphatic heterocycles. The van der Waals surface area contributed by atoms with Gasteiger partial charge >= 0.3 is 18.4 Å². The molecule has 264 valence electrons. The Morgan fingerprint density at radius 3 is 2.45 bits per heavy atom. The van der Waals surface area contributed by atoms with Crippen molar-refractivity contribution in [1.29, 1.82) is 0 Å². The number of ether oxygens (including phenoxy) is 3. The average Bonchev–Trinajstić information content (AvgIpc) is 3.31. The Kier molecular flexibility index (Phi) is 10.3. The van der Waals surface area contributed by atoms with Crippen molar-refractivity contribution in [2.45, 2.75) is 76.4 Å². The summed E-state index contributed by atoms with van der Waals surface area (Å²) in [5, 5.41) is 9.44. The number of anilines is 1. The van der Waals surface area contributed by atoms with Gasteiger partial charge in [0.25, 0.3) is 5.92 Å². The smallest absolute Gasteiger partial charge is 0.496 e. The van der Waals surface area contributed by atoms with Crippen LogP contribution in [0.3, 0.4) is 0 Å². The van der Waals surface area contributed by atoms with E-state index in [1.807, 2.05) is 18.2 Å². The predicted molar refractivity (Wildman–Crippen MR) is 170 cm³/mol. The first-order valence-electron chi connectivity index (χ1n) is 15.9. The molecule has 5 rings (SSSR count). The topological polar surface area (TPSA) is 101 Å². The molecular weight excluding hydrogens is 653 g/mol. The number of pyridine rings is 1. The minimum absolute atomic E-state index is 0.0591. The van der Waals surface area contributed by atoms with Crippen LogP contribution in [0.2, 0.25) is 0 Å². The zero-order valence-electron chi connectivity index (χ0n) is 27.3. The Morgan fingerprint density at radius 1 is 1.14 bits per heavy atom. The molecule has 0 unspecified atom stereocenters. The maximum Gasteiger partial charge on any atom is 0.572 e. The first-order valence-corrected chi connectivity index (χ1v) is 15.9. The lowest BCUT2D eigenvalue weighted by molar-refractivity contribution is -0.305. The number of hydrogen-bond acceptors (Lipinski definition) is 7. The molecule has 0 bridgehead atoms. The third kappa shape index (κ3) is 8.34. The zero-order chi connectivity index (χ0) is 35.7. The van der Waals surface area contributed by atoms with E-state index >= 15 is 0 Å². The van der Waals surface area contributed by atoms with Crippen molar-refractivity contribution < 1.29 is 50.9 Å². The molecule has 49 heavy (non-hydrogen) atoms. The van der Waals surface area contributed by atoms with E-state index in [1.165, 1.54) is 29.1 Å². The summed E-state index contributed by atoms with van der Waals surface area (Å²) in [7, 11) is 1.52. The highest BCUT2D eigenvalue weighted by Crippen LogP contribution is 2.42. The van der Waals surface area contributed by atoms with E-state index in [2.05, 4.69) is 11.3 Å². The van der Waals surface area contributed by atoms with Gasteiger partial charge in [0.2, 0.25) is 0 Å². The SMILES string of the molecule is C=C(/C=C\C=C(/C)OC(F)(F)F)[C@H]1OC(=O)N(Cc2nc(N3CC(F)(F)C3)ccc2-c2cc(C3CCC(C(=O)O)CC3)ccc2OC)[C@H]1C. The number of carbonyl (C=O) groups is 2. The second kappa shape index (κ2) is 14.1. The zero-order valence-corrected chi connectivity index (χ0v) is 27.3. The average molecular weight is 692 g/mol. The number of halogens is 5.